The summed E-state index contributed by atoms with van der Waals surface area (Å²) in [6, 6.07) is 5.86. The van der Waals surface area contributed by atoms with Crippen molar-refractivity contribution in [3.05, 3.63) is 30.1 Å². The van der Waals surface area contributed by atoms with E-state index in [-0.39, 0.29) is 36.4 Å². The van der Waals surface area contributed by atoms with E-state index >= 15 is 0 Å². The minimum absolute atomic E-state index is 0. The van der Waals surface area contributed by atoms with E-state index in [1.54, 1.807) is 20.3 Å². The number of guanidine groups is 1. The molecule has 6 nitrogen and oxygen atoms in total. The van der Waals surface area contributed by atoms with Gasteiger partial charge in [0.2, 0.25) is 5.91 Å². The second kappa shape index (κ2) is 11.3. The van der Waals surface area contributed by atoms with Crippen molar-refractivity contribution in [3.8, 4) is 0 Å². The maximum atomic E-state index is 11.5. The Hall–Kier alpha value is -1.38. The third-order valence-electron chi connectivity index (χ3n) is 2.62. The van der Waals surface area contributed by atoms with Crippen LogP contribution >= 0.6 is 24.0 Å². The maximum absolute atomic E-state index is 11.5. The fourth-order valence-corrected chi connectivity index (χ4v) is 1.48. The van der Waals surface area contributed by atoms with E-state index in [1.807, 2.05) is 25.1 Å². The van der Waals surface area contributed by atoms with Gasteiger partial charge in [-0.2, -0.15) is 0 Å². The van der Waals surface area contributed by atoms with Crippen LogP contribution in [-0.4, -0.2) is 55.5 Å². The number of hydrogen-bond donors (Lipinski definition) is 2. The van der Waals surface area contributed by atoms with Crippen LogP contribution in [0.5, 0.6) is 0 Å². The number of amides is 1. The lowest BCUT2D eigenvalue weighted by molar-refractivity contribution is -0.127. The summed E-state index contributed by atoms with van der Waals surface area (Å²) in [5.41, 5.74) is 1.03. The molecule has 0 unspecified atom stereocenters. The van der Waals surface area contributed by atoms with E-state index in [2.05, 4.69) is 20.6 Å². The van der Waals surface area contributed by atoms with Crippen molar-refractivity contribution in [1.82, 2.24) is 20.5 Å². The Morgan fingerprint density at radius 3 is 2.67 bits per heavy atom. The van der Waals surface area contributed by atoms with E-state index in [4.69, 9.17) is 0 Å². The van der Waals surface area contributed by atoms with Crippen LogP contribution in [0.3, 0.4) is 0 Å². The first-order valence-corrected chi connectivity index (χ1v) is 6.75. The van der Waals surface area contributed by atoms with Gasteiger partial charge in [-0.05, 0) is 19.1 Å². The summed E-state index contributed by atoms with van der Waals surface area (Å²) in [4.78, 5) is 21.5. The van der Waals surface area contributed by atoms with Crippen molar-refractivity contribution in [2.45, 2.75) is 13.3 Å². The molecule has 0 aliphatic heterocycles. The average Bonchev–Trinajstić information content (AvgIpc) is 2.45. The van der Waals surface area contributed by atoms with Gasteiger partial charge in [0.05, 0.1) is 0 Å². The Morgan fingerprint density at radius 1 is 1.33 bits per heavy atom. The molecular formula is C14H24IN5O. The molecule has 0 atom stereocenters. The number of nitrogens with zero attached hydrogens (tertiary/aromatic N) is 3. The van der Waals surface area contributed by atoms with Crippen molar-refractivity contribution in [3.63, 3.8) is 0 Å². The third kappa shape index (κ3) is 8.49. The summed E-state index contributed by atoms with van der Waals surface area (Å²) >= 11 is 0. The summed E-state index contributed by atoms with van der Waals surface area (Å²) in [5.74, 6) is 0.630. The Balaban J connectivity index is 0.00000400. The first-order valence-electron chi connectivity index (χ1n) is 6.75. The van der Waals surface area contributed by atoms with Gasteiger partial charge in [0.25, 0.3) is 0 Å². The fraction of sp³-hybridized carbons (Fsp3) is 0.500. The highest BCUT2D eigenvalue weighted by atomic mass is 127. The summed E-state index contributed by atoms with van der Waals surface area (Å²) in [5, 5.41) is 6.30. The van der Waals surface area contributed by atoms with Crippen LogP contribution < -0.4 is 10.6 Å². The molecule has 118 valence electrons. The molecule has 2 N–H and O–H groups in total. The number of halogens is 1. The number of aliphatic imine (C=N–C) groups is 1. The van der Waals surface area contributed by atoms with Gasteiger partial charge in [-0.15, -0.1) is 24.0 Å². The molecule has 7 heteroatoms. The van der Waals surface area contributed by atoms with Gasteiger partial charge in [-0.3, -0.25) is 9.78 Å². The van der Waals surface area contributed by atoms with Crippen molar-refractivity contribution < 1.29 is 4.79 Å². The standard InChI is InChI=1S/C14H23N5O.HI/c1-4-15-14(18-11-13(20)19(2)3)17-10-8-12-7-5-6-9-16-12;/h5-7,9H,4,8,10-11H2,1-3H3,(H2,15,17,18);1H. The monoisotopic (exact) mass is 405 g/mol. The van der Waals surface area contributed by atoms with Gasteiger partial charge in [0.15, 0.2) is 5.96 Å². The van der Waals surface area contributed by atoms with Crippen LogP contribution in [0.4, 0.5) is 0 Å². The van der Waals surface area contributed by atoms with E-state index < -0.39 is 0 Å². The van der Waals surface area contributed by atoms with Crippen molar-refractivity contribution in [2.75, 3.05) is 33.7 Å². The zero-order chi connectivity index (χ0) is 14.8. The van der Waals surface area contributed by atoms with Gasteiger partial charge in [0, 0.05) is 45.5 Å². The maximum Gasteiger partial charge on any atom is 0.243 e. The van der Waals surface area contributed by atoms with E-state index in [0.717, 1.165) is 25.2 Å². The number of pyridine rings is 1. The number of rotatable bonds is 6. The predicted octanol–water partition coefficient (Wildman–Crippen LogP) is 0.885. The summed E-state index contributed by atoms with van der Waals surface area (Å²) in [6.07, 6.45) is 2.59. The van der Waals surface area contributed by atoms with Gasteiger partial charge in [-0.25, -0.2) is 4.99 Å². The highest BCUT2D eigenvalue weighted by molar-refractivity contribution is 14.0. The van der Waals surface area contributed by atoms with Gasteiger partial charge < -0.3 is 15.5 Å². The summed E-state index contributed by atoms with van der Waals surface area (Å²) in [6.45, 7) is 3.61. The van der Waals surface area contributed by atoms with Crippen LogP contribution in [0.15, 0.2) is 29.4 Å². The molecular weight excluding hydrogens is 381 g/mol. The molecule has 0 saturated carbocycles. The second-order valence-corrected chi connectivity index (χ2v) is 4.48. The molecule has 1 amide bonds. The van der Waals surface area contributed by atoms with Crippen molar-refractivity contribution >= 4 is 35.8 Å². The first kappa shape index (κ1) is 19.6. The van der Waals surface area contributed by atoms with E-state index in [0.29, 0.717) is 5.96 Å². The molecule has 0 aliphatic carbocycles. The molecule has 0 aliphatic rings. The molecule has 1 rings (SSSR count). The minimum Gasteiger partial charge on any atom is -0.357 e. The Kier molecular flexibility index (Phi) is 10.6. The summed E-state index contributed by atoms with van der Waals surface area (Å²) < 4.78 is 0. The highest BCUT2D eigenvalue weighted by Gasteiger charge is 2.03. The zero-order valence-corrected chi connectivity index (χ0v) is 15.1. The number of carbonyl (C=O) groups is 1. The highest BCUT2D eigenvalue weighted by Crippen LogP contribution is 1.93. The number of aromatic nitrogens is 1. The quantitative estimate of drug-likeness (QED) is 0.419. The number of hydrogen-bond acceptors (Lipinski definition) is 3. The van der Waals surface area contributed by atoms with Crippen LogP contribution in [-0.2, 0) is 11.2 Å². The van der Waals surface area contributed by atoms with Crippen LogP contribution in [0.2, 0.25) is 0 Å². The lowest BCUT2D eigenvalue weighted by Crippen LogP contribution is -2.39. The molecule has 0 spiro atoms. The SMILES string of the molecule is CCNC(=NCC(=O)N(C)C)NCCc1ccccn1.I. The van der Waals surface area contributed by atoms with Crippen LogP contribution in [0.1, 0.15) is 12.6 Å². The smallest absolute Gasteiger partial charge is 0.243 e. The topological polar surface area (TPSA) is 69.6 Å². The van der Waals surface area contributed by atoms with Crippen molar-refractivity contribution in [2.24, 2.45) is 4.99 Å². The van der Waals surface area contributed by atoms with Gasteiger partial charge in [0.1, 0.15) is 6.54 Å². The molecule has 0 bridgehead atoms. The lowest BCUT2D eigenvalue weighted by atomic mass is 10.3. The van der Waals surface area contributed by atoms with Crippen molar-refractivity contribution in [1.29, 1.82) is 0 Å². The second-order valence-electron chi connectivity index (χ2n) is 4.48. The van der Waals surface area contributed by atoms with E-state index in [9.17, 15) is 4.79 Å². The van der Waals surface area contributed by atoms with Gasteiger partial charge >= 0.3 is 0 Å². The summed E-state index contributed by atoms with van der Waals surface area (Å²) in [7, 11) is 3.44. The number of likely N-dealkylation sites (N-methyl/N-ethyl adjacent to an activating group) is 1. The Morgan fingerprint density at radius 2 is 2.10 bits per heavy atom. The normalized spacial score (nSPS) is 10.5. The minimum atomic E-state index is -0.0214. The molecule has 0 fully saturated rings. The largest absolute Gasteiger partial charge is 0.357 e. The molecule has 0 radical (unpaired) electrons. The van der Waals surface area contributed by atoms with E-state index in [1.165, 1.54) is 4.90 Å². The van der Waals surface area contributed by atoms with Gasteiger partial charge in [-0.1, -0.05) is 6.07 Å². The molecule has 1 heterocycles. The molecule has 1 aromatic heterocycles. The van der Waals surface area contributed by atoms with Crippen LogP contribution in [0, 0.1) is 0 Å². The first-order chi connectivity index (χ1) is 9.63. The fourth-order valence-electron chi connectivity index (χ4n) is 1.48. The number of carbonyl (C=O) groups excluding carboxylic acids is 1. The molecule has 0 saturated heterocycles. The average molecular weight is 405 g/mol. The lowest BCUT2D eigenvalue weighted by Gasteiger charge is -2.12. The third-order valence-corrected chi connectivity index (χ3v) is 2.62. The Labute approximate surface area is 143 Å². The Bertz CT molecular complexity index is 436. The molecule has 21 heavy (non-hydrogen) atoms. The predicted molar refractivity (Wildman–Crippen MR) is 96.0 cm³/mol. The van der Waals surface area contributed by atoms with Crippen LogP contribution in [0.25, 0.3) is 0 Å². The molecule has 1 aromatic rings. The number of nitrogens with one attached hydrogen (secondary N) is 2. The zero-order valence-electron chi connectivity index (χ0n) is 12.8. The molecule has 0 aromatic carbocycles.